The van der Waals surface area contributed by atoms with Gasteiger partial charge in [-0.15, -0.1) is 0 Å². The van der Waals surface area contributed by atoms with Gasteiger partial charge in [0.1, 0.15) is 11.3 Å². The highest BCUT2D eigenvalue weighted by Crippen LogP contribution is 2.24. The van der Waals surface area contributed by atoms with Crippen molar-refractivity contribution in [1.82, 2.24) is 19.5 Å². The monoisotopic (exact) mass is 253 g/mol. The van der Waals surface area contributed by atoms with E-state index in [1.54, 1.807) is 18.6 Å². The SMILES string of the molecule is CCn1c(-c2ccnc(CN)c2)nc2cnccc21. The van der Waals surface area contributed by atoms with Crippen LogP contribution in [0.2, 0.25) is 0 Å². The van der Waals surface area contributed by atoms with Gasteiger partial charge in [-0.2, -0.15) is 0 Å². The van der Waals surface area contributed by atoms with E-state index >= 15 is 0 Å². The highest BCUT2D eigenvalue weighted by molar-refractivity contribution is 5.79. The fourth-order valence-electron chi connectivity index (χ4n) is 2.25. The van der Waals surface area contributed by atoms with Crippen LogP contribution in [0, 0.1) is 0 Å². The predicted molar refractivity (Wildman–Crippen MR) is 74.3 cm³/mol. The normalized spacial score (nSPS) is 11.1. The van der Waals surface area contributed by atoms with Crippen molar-refractivity contribution >= 4 is 11.0 Å². The lowest BCUT2D eigenvalue weighted by molar-refractivity contribution is 0.795. The zero-order valence-electron chi connectivity index (χ0n) is 10.7. The average Bonchev–Trinajstić information content (AvgIpc) is 2.86. The molecule has 96 valence electrons. The first-order chi connectivity index (χ1) is 9.33. The van der Waals surface area contributed by atoms with Crippen LogP contribution in [0.4, 0.5) is 0 Å². The van der Waals surface area contributed by atoms with E-state index in [9.17, 15) is 0 Å². The van der Waals surface area contributed by atoms with Gasteiger partial charge in [0.05, 0.1) is 17.4 Å². The molecule has 0 fully saturated rings. The van der Waals surface area contributed by atoms with Gasteiger partial charge in [-0.05, 0) is 25.1 Å². The van der Waals surface area contributed by atoms with Gasteiger partial charge >= 0.3 is 0 Å². The van der Waals surface area contributed by atoms with Crippen LogP contribution in [0.5, 0.6) is 0 Å². The molecule has 0 aliphatic heterocycles. The molecule has 3 aromatic heterocycles. The Hall–Kier alpha value is -2.27. The van der Waals surface area contributed by atoms with Crippen molar-refractivity contribution < 1.29 is 0 Å². The maximum absolute atomic E-state index is 5.64. The molecule has 0 saturated carbocycles. The Balaban J connectivity index is 2.23. The Bertz CT molecular complexity index is 717. The summed E-state index contributed by atoms with van der Waals surface area (Å²) >= 11 is 0. The van der Waals surface area contributed by atoms with Crippen LogP contribution in [0.1, 0.15) is 12.6 Å². The molecule has 3 aromatic rings. The lowest BCUT2D eigenvalue weighted by atomic mass is 10.2. The number of hydrogen-bond acceptors (Lipinski definition) is 4. The molecular formula is C14H15N5. The van der Waals surface area contributed by atoms with Crippen LogP contribution in [0.15, 0.2) is 36.8 Å². The highest BCUT2D eigenvalue weighted by Gasteiger charge is 2.11. The predicted octanol–water partition coefficient (Wildman–Crippen LogP) is 1.97. The van der Waals surface area contributed by atoms with E-state index in [-0.39, 0.29) is 0 Å². The van der Waals surface area contributed by atoms with E-state index in [0.717, 1.165) is 34.7 Å². The third-order valence-electron chi connectivity index (χ3n) is 3.15. The maximum Gasteiger partial charge on any atom is 0.141 e. The van der Waals surface area contributed by atoms with Crippen molar-refractivity contribution in [2.45, 2.75) is 20.0 Å². The minimum Gasteiger partial charge on any atom is -0.325 e. The Morgan fingerprint density at radius 3 is 2.95 bits per heavy atom. The average molecular weight is 253 g/mol. The number of fused-ring (bicyclic) bond motifs is 1. The van der Waals surface area contributed by atoms with Crippen LogP contribution in [0.3, 0.4) is 0 Å². The fraction of sp³-hybridized carbons (Fsp3) is 0.214. The molecule has 19 heavy (non-hydrogen) atoms. The summed E-state index contributed by atoms with van der Waals surface area (Å²) in [6, 6.07) is 5.93. The summed E-state index contributed by atoms with van der Waals surface area (Å²) in [5.41, 5.74) is 9.55. The van der Waals surface area contributed by atoms with E-state index < -0.39 is 0 Å². The number of nitrogens with two attached hydrogens (primary N) is 1. The first kappa shape index (κ1) is 11.8. The number of nitrogens with zero attached hydrogens (tertiary/aromatic N) is 4. The third kappa shape index (κ3) is 1.98. The molecule has 0 atom stereocenters. The van der Waals surface area contributed by atoms with Gasteiger partial charge in [-0.3, -0.25) is 9.97 Å². The molecule has 5 nitrogen and oxygen atoms in total. The maximum atomic E-state index is 5.64. The number of hydrogen-bond donors (Lipinski definition) is 1. The Morgan fingerprint density at radius 1 is 1.26 bits per heavy atom. The first-order valence-corrected chi connectivity index (χ1v) is 6.29. The van der Waals surface area contributed by atoms with Gasteiger partial charge in [0, 0.05) is 31.0 Å². The van der Waals surface area contributed by atoms with Gasteiger partial charge < -0.3 is 10.3 Å². The van der Waals surface area contributed by atoms with Crippen molar-refractivity contribution in [1.29, 1.82) is 0 Å². The molecule has 0 amide bonds. The number of imidazole rings is 1. The zero-order valence-corrected chi connectivity index (χ0v) is 10.7. The Kier molecular flexibility index (Phi) is 2.97. The number of pyridine rings is 2. The standard InChI is InChI=1S/C14H15N5/c1-2-19-13-4-5-16-9-12(13)18-14(19)10-3-6-17-11(7-10)8-15/h3-7,9H,2,8,15H2,1H3. The largest absolute Gasteiger partial charge is 0.325 e. The molecule has 0 aliphatic rings. The van der Waals surface area contributed by atoms with Crippen LogP contribution in [-0.4, -0.2) is 19.5 Å². The molecule has 3 heterocycles. The van der Waals surface area contributed by atoms with Crippen molar-refractivity contribution in [2.75, 3.05) is 0 Å². The number of rotatable bonds is 3. The second-order valence-electron chi connectivity index (χ2n) is 4.28. The van der Waals surface area contributed by atoms with Gasteiger partial charge in [0.2, 0.25) is 0 Å². The van der Waals surface area contributed by atoms with Gasteiger partial charge in [0.15, 0.2) is 0 Å². The second-order valence-corrected chi connectivity index (χ2v) is 4.28. The lowest BCUT2D eigenvalue weighted by Gasteiger charge is -2.06. The van der Waals surface area contributed by atoms with E-state index in [1.165, 1.54) is 0 Å². The summed E-state index contributed by atoms with van der Waals surface area (Å²) in [5, 5.41) is 0. The molecule has 0 radical (unpaired) electrons. The van der Waals surface area contributed by atoms with Crippen molar-refractivity contribution in [3.05, 3.63) is 42.5 Å². The molecule has 5 heteroatoms. The third-order valence-corrected chi connectivity index (χ3v) is 3.15. The Labute approximate surface area is 111 Å². The molecule has 0 aromatic carbocycles. The van der Waals surface area contributed by atoms with E-state index in [1.807, 2.05) is 18.2 Å². The fourth-order valence-corrected chi connectivity index (χ4v) is 2.25. The smallest absolute Gasteiger partial charge is 0.141 e. The summed E-state index contributed by atoms with van der Waals surface area (Å²) in [5.74, 6) is 0.933. The first-order valence-electron chi connectivity index (χ1n) is 6.29. The van der Waals surface area contributed by atoms with Crippen LogP contribution in [0.25, 0.3) is 22.4 Å². The van der Waals surface area contributed by atoms with E-state index in [4.69, 9.17) is 5.73 Å². The quantitative estimate of drug-likeness (QED) is 0.774. The zero-order chi connectivity index (χ0) is 13.2. The summed E-state index contributed by atoms with van der Waals surface area (Å²) in [4.78, 5) is 13.0. The van der Waals surface area contributed by atoms with Crippen LogP contribution < -0.4 is 5.73 Å². The highest BCUT2D eigenvalue weighted by atomic mass is 15.1. The molecule has 2 N–H and O–H groups in total. The van der Waals surface area contributed by atoms with Crippen molar-refractivity contribution in [2.24, 2.45) is 5.73 Å². The molecule has 3 rings (SSSR count). The Morgan fingerprint density at radius 2 is 2.16 bits per heavy atom. The van der Waals surface area contributed by atoms with E-state index in [0.29, 0.717) is 6.54 Å². The molecule has 0 bridgehead atoms. The number of aromatic nitrogens is 4. The molecule has 0 spiro atoms. The molecule has 0 aliphatic carbocycles. The van der Waals surface area contributed by atoms with E-state index in [2.05, 4.69) is 26.4 Å². The summed E-state index contributed by atoms with van der Waals surface area (Å²) < 4.78 is 2.17. The van der Waals surface area contributed by atoms with Crippen molar-refractivity contribution in [3.8, 4) is 11.4 Å². The molecular weight excluding hydrogens is 238 g/mol. The second kappa shape index (κ2) is 4.78. The summed E-state index contributed by atoms with van der Waals surface area (Å²) in [7, 11) is 0. The van der Waals surface area contributed by atoms with Gasteiger partial charge in [0.25, 0.3) is 0 Å². The lowest BCUT2D eigenvalue weighted by Crippen LogP contribution is -2.01. The topological polar surface area (TPSA) is 69.6 Å². The number of aryl methyl sites for hydroxylation is 1. The van der Waals surface area contributed by atoms with Crippen LogP contribution in [-0.2, 0) is 13.1 Å². The molecule has 0 unspecified atom stereocenters. The van der Waals surface area contributed by atoms with Gasteiger partial charge in [-0.1, -0.05) is 0 Å². The van der Waals surface area contributed by atoms with Crippen molar-refractivity contribution in [3.63, 3.8) is 0 Å². The van der Waals surface area contributed by atoms with Gasteiger partial charge in [-0.25, -0.2) is 4.98 Å². The summed E-state index contributed by atoms with van der Waals surface area (Å²) in [6.07, 6.45) is 5.35. The summed E-state index contributed by atoms with van der Waals surface area (Å²) in [6.45, 7) is 3.40. The minimum atomic E-state index is 0.432. The minimum absolute atomic E-state index is 0.432. The van der Waals surface area contributed by atoms with Crippen LogP contribution >= 0.6 is 0 Å². The molecule has 0 saturated heterocycles.